The van der Waals surface area contributed by atoms with Crippen LogP contribution in [0.15, 0.2) is 34.9 Å². The minimum Gasteiger partial charge on any atom is -0.453 e. The van der Waals surface area contributed by atoms with Gasteiger partial charge in [0.1, 0.15) is 5.58 Å². The van der Waals surface area contributed by atoms with E-state index in [0.717, 1.165) is 21.5 Å². The van der Waals surface area contributed by atoms with Gasteiger partial charge in [0.05, 0.1) is 9.88 Å². The van der Waals surface area contributed by atoms with E-state index in [9.17, 15) is 4.79 Å². The van der Waals surface area contributed by atoms with Gasteiger partial charge in [0.15, 0.2) is 5.76 Å². The molecule has 0 saturated heterocycles. The summed E-state index contributed by atoms with van der Waals surface area (Å²) in [6.07, 6.45) is 1.60. The molecule has 2 heterocycles. The molecule has 1 aromatic carbocycles. The molecule has 2 aromatic heterocycles. The Bertz CT molecular complexity index is 739. The van der Waals surface area contributed by atoms with Gasteiger partial charge >= 0.3 is 0 Å². The van der Waals surface area contributed by atoms with Crippen LogP contribution < -0.4 is 0 Å². The zero-order valence-electron chi connectivity index (χ0n) is 10.1. The Balaban J connectivity index is 2.06. The highest BCUT2D eigenvalue weighted by atomic mass is 32.1. The lowest BCUT2D eigenvalue weighted by atomic mass is 10.2. The Morgan fingerprint density at radius 1 is 1.28 bits per heavy atom. The minimum absolute atomic E-state index is 0.102. The molecule has 3 aromatic rings. The van der Waals surface area contributed by atoms with Crippen LogP contribution in [0.1, 0.15) is 26.0 Å². The first-order valence-electron chi connectivity index (χ1n) is 5.61. The molecule has 0 N–H and O–H groups in total. The standard InChI is InChI=1S/C14H11NO2S/c1-8-3-4-11-10(5-8)6-12(17-11)14(16)13-7-15-9(2)18-13/h3-7H,1-2H3. The summed E-state index contributed by atoms with van der Waals surface area (Å²) in [5.41, 5.74) is 1.89. The lowest BCUT2D eigenvalue weighted by molar-refractivity contribution is 0.101. The maximum atomic E-state index is 12.2. The number of hydrogen-bond acceptors (Lipinski definition) is 4. The van der Waals surface area contributed by atoms with Gasteiger partial charge < -0.3 is 4.42 Å². The summed E-state index contributed by atoms with van der Waals surface area (Å²) >= 11 is 1.38. The van der Waals surface area contributed by atoms with Crippen LogP contribution in [0.4, 0.5) is 0 Å². The van der Waals surface area contributed by atoms with Crippen molar-refractivity contribution in [3.63, 3.8) is 0 Å². The second kappa shape index (κ2) is 4.07. The fraction of sp³-hybridized carbons (Fsp3) is 0.143. The molecule has 0 spiro atoms. The van der Waals surface area contributed by atoms with Crippen molar-refractivity contribution in [1.29, 1.82) is 0 Å². The second-order valence-corrected chi connectivity index (χ2v) is 5.46. The summed E-state index contributed by atoms with van der Waals surface area (Å²) < 4.78 is 5.58. The quantitative estimate of drug-likeness (QED) is 0.657. The topological polar surface area (TPSA) is 43.1 Å². The van der Waals surface area contributed by atoms with Gasteiger partial charge in [-0.1, -0.05) is 11.6 Å². The lowest BCUT2D eigenvalue weighted by Gasteiger charge is -1.90. The van der Waals surface area contributed by atoms with Crippen LogP contribution >= 0.6 is 11.3 Å². The molecule has 0 radical (unpaired) electrons. The van der Waals surface area contributed by atoms with Gasteiger partial charge in [-0.05, 0) is 32.0 Å². The fourth-order valence-corrected chi connectivity index (χ4v) is 2.58. The molecule has 0 fully saturated rings. The molecule has 3 rings (SSSR count). The number of furan rings is 1. The van der Waals surface area contributed by atoms with Crippen molar-refractivity contribution in [2.75, 3.05) is 0 Å². The van der Waals surface area contributed by atoms with Gasteiger partial charge in [0.2, 0.25) is 5.78 Å². The van der Waals surface area contributed by atoms with Gasteiger partial charge in [-0.2, -0.15) is 0 Å². The highest BCUT2D eigenvalue weighted by Gasteiger charge is 2.16. The smallest absolute Gasteiger partial charge is 0.239 e. The molecule has 0 saturated carbocycles. The number of hydrogen-bond donors (Lipinski definition) is 0. The van der Waals surface area contributed by atoms with Crippen molar-refractivity contribution in [2.24, 2.45) is 0 Å². The van der Waals surface area contributed by atoms with E-state index in [0.29, 0.717) is 10.6 Å². The number of aryl methyl sites for hydroxylation is 2. The predicted octanol–water partition coefficient (Wildman–Crippen LogP) is 3.74. The first-order chi connectivity index (χ1) is 8.63. The van der Waals surface area contributed by atoms with E-state index in [1.807, 2.05) is 32.0 Å². The van der Waals surface area contributed by atoms with Crippen molar-refractivity contribution in [2.45, 2.75) is 13.8 Å². The Morgan fingerprint density at radius 2 is 2.11 bits per heavy atom. The third kappa shape index (κ3) is 1.84. The monoisotopic (exact) mass is 257 g/mol. The molecule has 0 aliphatic heterocycles. The van der Waals surface area contributed by atoms with E-state index in [1.165, 1.54) is 11.3 Å². The zero-order chi connectivity index (χ0) is 12.7. The highest BCUT2D eigenvalue weighted by molar-refractivity contribution is 7.13. The fourth-order valence-electron chi connectivity index (χ4n) is 1.86. The number of carbonyl (C=O) groups excluding carboxylic acids is 1. The SMILES string of the molecule is Cc1ccc2oc(C(=O)c3cnc(C)s3)cc2c1. The maximum absolute atomic E-state index is 12.2. The van der Waals surface area contributed by atoms with Crippen molar-refractivity contribution in [3.05, 3.63) is 51.7 Å². The van der Waals surface area contributed by atoms with E-state index < -0.39 is 0 Å². The van der Waals surface area contributed by atoms with E-state index in [2.05, 4.69) is 4.98 Å². The minimum atomic E-state index is -0.102. The molecule has 3 nitrogen and oxygen atoms in total. The van der Waals surface area contributed by atoms with E-state index in [-0.39, 0.29) is 5.78 Å². The van der Waals surface area contributed by atoms with Crippen LogP contribution in [0.5, 0.6) is 0 Å². The average molecular weight is 257 g/mol. The number of benzene rings is 1. The first kappa shape index (κ1) is 11.2. The van der Waals surface area contributed by atoms with E-state index >= 15 is 0 Å². The molecule has 90 valence electrons. The number of nitrogens with zero attached hydrogens (tertiary/aromatic N) is 1. The molecule has 0 amide bonds. The molecule has 0 bridgehead atoms. The Kier molecular flexibility index (Phi) is 2.52. The third-order valence-electron chi connectivity index (χ3n) is 2.74. The summed E-state index contributed by atoms with van der Waals surface area (Å²) in [5, 5.41) is 1.84. The van der Waals surface area contributed by atoms with Gasteiger partial charge in [-0.25, -0.2) is 4.98 Å². The molecule has 0 unspecified atom stereocenters. The third-order valence-corrected chi connectivity index (χ3v) is 3.65. The largest absolute Gasteiger partial charge is 0.453 e. The number of rotatable bonds is 2. The molecule has 0 aliphatic carbocycles. The first-order valence-corrected chi connectivity index (χ1v) is 6.42. The van der Waals surface area contributed by atoms with Crippen LogP contribution in [0.3, 0.4) is 0 Å². The van der Waals surface area contributed by atoms with Gasteiger partial charge in [0.25, 0.3) is 0 Å². The van der Waals surface area contributed by atoms with Gasteiger partial charge in [0, 0.05) is 11.6 Å². The molecule has 0 aliphatic rings. The normalized spacial score (nSPS) is 11.0. The van der Waals surface area contributed by atoms with Crippen molar-refractivity contribution in [1.82, 2.24) is 4.98 Å². The highest BCUT2D eigenvalue weighted by Crippen LogP contribution is 2.24. The summed E-state index contributed by atoms with van der Waals surface area (Å²) in [6.45, 7) is 3.89. The Morgan fingerprint density at radius 3 is 2.83 bits per heavy atom. The van der Waals surface area contributed by atoms with Crippen LogP contribution in [-0.2, 0) is 0 Å². The molecule has 18 heavy (non-hydrogen) atoms. The van der Waals surface area contributed by atoms with E-state index in [1.54, 1.807) is 12.3 Å². The van der Waals surface area contributed by atoms with Crippen molar-refractivity contribution < 1.29 is 9.21 Å². The number of aromatic nitrogens is 1. The predicted molar refractivity (Wildman–Crippen MR) is 71.2 cm³/mol. The number of carbonyl (C=O) groups is 1. The van der Waals surface area contributed by atoms with Crippen LogP contribution in [0.25, 0.3) is 11.0 Å². The molecule has 4 heteroatoms. The molecule has 0 atom stereocenters. The lowest BCUT2D eigenvalue weighted by Crippen LogP contribution is -1.95. The zero-order valence-corrected chi connectivity index (χ0v) is 10.9. The average Bonchev–Trinajstić information content (AvgIpc) is 2.93. The van der Waals surface area contributed by atoms with Crippen molar-refractivity contribution in [3.8, 4) is 0 Å². The number of thiazole rings is 1. The summed E-state index contributed by atoms with van der Waals surface area (Å²) in [4.78, 5) is 16.9. The summed E-state index contributed by atoms with van der Waals surface area (Å²) in [7, 11) is 0. The molecular weight excluding hydrogens is 246 g/mol. The van der Waals surface area contributed by atoms with Crippen molar-refractivity contribution >= 4 is 28.1 Å². The summed E-state index contributed by atoms with van der Waals surface area (Å²) in [6, 6.07) is 7.66. The van der Waals surface area contributed by atoms with E-state index in [4.69, 9.17) is 4.42 Å². The van der Waals surface area contributed by atoms with Crippen LogP contribution in [0.2, 0.25) is 0 Å². The van der Waals surface area contributed by atoms with Gasteiger partial charge in [-0.3, -0.25) is 4.79 Å². The van der Waals surface area contributed by atoms with Gasteiger partial charge in [-0.15, -0.1) is 11.3 Å². The second-order valence-electron chi connectivity index (χ2n) is 4.22. The maximum Gasteiger partial charge on any atom is 0.239 e. The number of fused-ring (bicyclic) bond motifs is 1. The van der Waals surface area contributed by atoms with Crippen LogP contribution in [-0.4, -0.2) is 10.8 Å². The Labute approximate surface area is 108 Å². The van der Waals surface area contributed by atoms with Crippen LogP contribution in [0, 0.1) is 13.8 Å². The number of ketones is 1. The molecular formula is C14H11NO2S. The Hall–Kier alpha value is -1.94. The summed E-state index contributed by atoms with van der Waals surface area (Å²) in [5.74, 6) is 0.272.